The topological polar surface area (TPSA) is 76.6 Å². The normalized spacial score (nSPS) is 17.2. The minimum atomic E-state index is -0.304. The molecule has 0 saturated carbocycles. The van der Waals surface area contributed by atoms with Crippen LogP contribution in [0.15, 0.2) is 30.3 Å². The lowest BCUT2D eigenvalue weighted by atomic mass is 10.1. The average Bonchev–Trinajstić information content (AvgIpc) is 2.68. The second-order valence-corrected chi connectivity index (χ2v) is 6.22. The number of morpholine rings is 1. The second kappa shape index (κ2) is 8.25. The maximum Gasteiger partial charge on any atom is 0.254 e. The summed E-state index contributed by atoms with van der Waals surface area (Å²) in [6.45, 7) is 3.85. The van der Waals surface area contributed by atoms with Crippen molar-refractivity contribution >= 4 is 11.7 Å². The highest BCUT2D eigenvalue weighted by Gasteiger charge is 2.31. The van der Waals surface area contributed by atoms with Crippen LogP contribution in [0.5, 0.6) is 0 Å². The van der Waals surface area contributed by atoms with Crippen LogP contribution in [0, 0.1) is 6.92 Å². The molecule has 1 aromatic carbocycles. The number of nitrogens with one attached hydrogen (secondary N) is 1. The molecule has 0 aliphatic carbocycles. The van der Waals surface area contributed by atoms with Gasteiger partial charge in [-0.05, 0) is 24.6 Å². The van der Waals surface area contributed by atoms with Gasteiger partial charge in [-0.3, -0.25) is 4.79 Å². The Morgan fingerprint density at radius 1 is 1.35 bits per heavy atom. The summed E-state index contributed by atoms with van der Waals surface area (Å²) in [7, 11) is 3.46. The van der Waals surface area contributed by atoms with Gasteiger partial charge in [0.05, 0.1) is 19.8 Å². The summed E-state index contributed by atoms with van der Waals surface area (Å²) in [4.78, 5) is 23.9. The summed E-state index contributed by atoms with van der Waals surface area (Å²) in [6, 6.07) is 9.05. The fourth-order valence-corrected chi connectivity index (χ4v) is 3.01. The van der Waals surface area contributed by atoms with Crippen molar-refractivity contribution in [1.29, 1.82) is 0 Å². The zero-order valence-corrected chi connectivity index (χ0v) is 15.4. The van der Waals surface area contributed by atoms with Crippen molar-refractivity contribution in [2.45, 2.75) is 19.6 Å². The molecule has 7 nitrogen and oxygen atoms in total. The first-order valence-corrected chi connectivity index (χ1v) is 8.62. The van der Waals surface area contributed by atoms with Gasteiger partial charge in [0.25, 0.3) is 5.91 Å². The Hall–Kier alpha value is -2.51. The number of anilines is 1. The zero-order chi connectivity index (χ0) is 18.5. The standard InChI is InChI=1S/C19H24N4O3/c1-13-10-17(20-2)22-18(21-13)16-12-26-9-8-23(16)19(24)15-6-4-14(5-7-15)11-25-3/h4-7,10,16H,8-9,11-12H2,1-3H3,(H,20,21,22)/t16-/m1/s1. The van der Waals surface area contributed by atoms with Crippen LogP contribution in [0.25, 0.3) is 0 Å². The third-order valence-corrected chi connectivity index (χ3v) is 4.33. The number of methoxy groups -OCH3 is 1. The Bertz CT molecular complexity index is 764. The molecule has 26 heavy (non-hydrogen) atoms. The van der Waals surface area contributed by atoms with Crippen molar-refractivity contribution in [3.05, 3.63) is 53.0 Å². The molecular formula is C19H24N4O3. The van der Waals surface area contributed by atoms with E-state index in [0.29, 0.717) is 37.8 Å². The summed E-state index contributed by atoms with van der Waals surface area (Å²) in [5, 5.41) is 3.03. The number of rotatable bonds is 5. The first kappa shape index (κ1) is 18.3. The van der Waals surface area contributed by atoms with Crippen LogP contribution in [0.2, 0.25) is 0 Å². The molecule has 2 heterocycles. The fourth-order valence-electron chi connectivity index (χ4n) is 3.01. The molecule has 1 fully saturated rings. The molecule has 1 aromatic heterocycles. The number of carbonyl (C=O) groups excluding carboxylic acids is 1. The minimum absolute atomic E-state index is 0.0432. The number of amides is 1. The van der Waals surface area contributed by atoms with Gasteiger partial charge >= 0.3 is 0 Å². The predicted octanol–water partition coefficient (Wildman–Crippen LogP) is 2.19. The molecule has 138 valence electrons. The highest BCUT2D eigenvalue weighted by molar-refractivity contribution is 5.94. The van der Waals surface area contributed by atoms with Crippen LogP contribution < -0.4 is 5.32 Å². The first-order chi connectivity index (χ1) is 12.6. The maximum atomic E-state index is 13.1. The van der Waals surface area contributed by atoms with Crippen molar-refractivity contribution in [3.63, 3.8) is 0 Å². The van der Waals surface area contributed by atoms with Crippen LogP contribution >= 0.6 is 0 Å². The van der Waals surface area contributed by atoms with Gasteiger partial charge in [0, 0.05) is 38.0 Å². The van der Waals surface area contributed by atoms with Gasteiger partial charge < -0.3 is 19.7 Å². The lowest BCUT2D eigenvalue weighted by Gasteiger charge is -2.35. The van der Waals surface area contributed by atoms with Crippen molar-refractivity contribution in [2.24, 2.45) is 0 Å². The molecule has 1 aliphatic heterocycles. The van der Waals surface area contributed by atoms with E-state index in [4.69, 9.17) is 9.47 Å². The number of aromatic nitrogens is 2. The molecule has 2 aromatic rings. The fraction of sp³-hybridized carbons (Fsp3) is 0.421. The van der Waals surface area contributed by atoms with E-state index in [1.165, 1.54) is 0 Å². The van der Waals surface area contributed by atoms with E-state index >= 15 is 0 Å². The van der Waals surface area contributed by atoms with Gasteiger partial charge in [-0.25, -0.2) is 9.97 Å². The van der Waals surface area contributed by atoms with Crippen molar-refractivity contribution in [1.82, 2.24) is 14.9 Å². The number of ether oxygens (including phenoxy) is 2. The molecule has 7 heteroatoms. The third-order valence-electron chi connectivity index (χ3n) is 4.33. The second-order valence-electron chi connectivity index (χ2n) is 6.22. The zero-order valence-electron chi connectivity index (χ0n) is 15.4. The van der Waals surface area contributed by atoms with E-state index in [0.717, 1.165) is 17.1 Å². The lowest BCUT2D eigenvalue weighted by molar-refractivity contribution is -0.00523. The van der Waals surface area contributed by atoms with E-state index < -0.39 is 0 Å². The average molecular weight is 356 g/mol. The van der Waals surface area contributed by atoms with Crippen LogP contribution in [0.1, 0.15) is 33.5 Å². The number of nitrogens with zero attached hydrogens (tertiary/aromatic N) is 3. The molecule has 1 saturated heterocycles. The number of hydrogen-bond acceptors (Lipinski definition) is 6. The van der Waals surface area contributed by atoms with Crippen molar-refractivity contribution in [3.8, 4) is 0 Å². The van der Waals surface area contributed by atoms with Crippen LogP contribution in [0.3, 0.4) is 0 Å². The number of carbonyl (C=O) groups is 1. The highest BCUT2D eigenvalue weighted by Crippen LogP contribution is 2.25. The number of benzene rings is 1. The molecule has 3 rings (SSSR count). The van der Waals surface area contributed by atoms with Crippen LogP contribution in [-0.2, 0) is 16.1 Å². The SMILES string of the molecule is CNc1cc(C)nc([C@H]2COCCN2C(=O)c2ccc(COC)cc2)n1. The van der Waals surface area contributed by atoms with E-state index in [1.54, 1.807) is 12.0 Å². The largest absolute Gasteiger partial charge is 0.380 e. The third kappa shape index (κ3) is 4.00. The van der Waals surface area contributed by atoms with Gasteiger partial charge in [-0.15, -0.1) is 0 Å². The molecule has 0 bridgehead atoms. The maximum absolute atomic E-state index is 13.1. The van der Waals surface area contributed by atoms with Gasteiger partial charge in [0.2, 0.25) is 0 Å². The lowest BCUT2D eigenvalue weighted by Crippen LogP contribution is -2.44. The number of hydrogen-bond donors (Lipinski definition) is 1. The summed E-state index contributed by atoms with van der Waals surface area (Å²) < 4.78 is 10.7. The Kier molecular flexibility index (Phi) is 5.80. The van der Waals surface area contributed by atoms with Crippen LogP contribution in [-0.4, -0.2) is 54.7 Å². The molecule has 1 amide bonds. The Morgan fingerprint density at radius 2 is 2.12 bits per heavy atom. The highest BCUT2D eigenvalue weighted by atomic mass is 16.5. The smallest absolute Gasteiger partial charge is 0.254 e. The summed E-state index contributed by atoms with van der Waals surface area (Å²) in [5.41, 5.74) is 2.52. The molecule has 1 aliphatic rings. The van der Waals surface area contributed by atoms with E-state index in [9.17, 15) is 4.79 Å². The number of aryl methyl sites for hydroxylation is 1. The summed E-state index contributed by atoms with van der Waals surface area (Å²) >= 11 is 0. The Morgan fingerprint density at radius 3 is 2.81 bits per heavy atom. The molecule has 0 spiro atoms. The summed E-state index contributed by atoms with van der Waals surface area (Å²) in [5.74, 6) is 1.28. The Labute approximate surface area is 153 Å². The van der Waals surface area contributed by atoms with E-state index in [-0.39, 0.29) is 11.9 Å². The Balaban J connectivity index is 1.86. The van der Waals surface area contributed by atoms with Crippen molar-refractivity contribution < 1.29 is 14.3 Å². The molecule has 1 atom stereocenters. The molecular weight excluding hydrogens is 332 g/mol. The molecule has 1 N–H and O–H groups in total. The monoisotopic (exact) mass is 356 g/mol. The minimum Gasteiger partial charge on any atom is -0.380 e. The molecule has 0 unspecified atom stereocenters. The summed E-state index contributed by atoms with van der Waals surface area (Å²) in [6.07, 6.45) is 0. The van der Waals surface area contributed by atoms with Gasteiger partial charge in [0.15, 0.2) is 5.82 Å². The van der Waals surface area contributed by atoms with E-state index in [1.807, 2.05) is 44.3 Å². The van der Waals surface area contributed by atoms with E-state index in [2.05, 4.69) is 15.3 Å². The van der Waals surface area contributed by atoms with Crippen molar-refractivity contribution in [2.75, 3.05) is 39.2 Å². The van der Waals surface area contributed by atoms with Gasteiger partial charge in [0.1, 0.15) is 11.9 Å². The van der Waals surface area contributed by atoms with Gasteiger partial charge in [-0.1, -0.05) is 12.1 Å². The quantitative estimate of drug-likeness (QED) is 0.885. The first-order valence-electron chi connectivity index (χ1n) is 8.62. The van der Waals surface area contributed by atoms with Crippen LogP contribution in [0.4, 0.5) is 5.82 Å². The molecule has 0 radical (unpaired) electrons. The predicted molar refractivity (Wildman–Crippen MR) is 98.1 cm³/mol. The van der Waals surface area contributed by atoms with Gasteiger partial charge in [-0.2, -0.15) is 0 Å².